The van der Waals surface area contributed by atoms with E-state index >= 15 is 0 Å². The Bertz CT molecular complexity index is 981. The Morgan fingerprint density at radius 3 is 2.68 bits per heavy atom. The van der Waals surface area contributed by atoms with E-state index in [1.165, 1.54) is 11.3 Å². The molecule has 0 saturated carbocycles. The summed E-state index contributed by atoms with van der Waals surface area (Å²) >= 11 is 4.47. The van der Waals surface area contributed by atoms with Crippen molar-refractivity contribution in [3.8, 4) is 5.82 Å². The summed E-state index contributed by atoms with van der Waals surface area (Å²) in [7, 11) is -3.48. The minimum Gasteiger partial charge on any atom is -0.237 e. The third kappa shape index (κ3) is 4.00. The van der Waals surface area contributed by atoms with Crippen LogP contribution in [0.5, 0.6) is 0 Å². The lowest BCUT2D eigenvalue weighted by Gasteiger charge is -2.06. The van der Waals surface area contributed by atoms with Gasteiger partial charge in [-0.25, -0.2) is 22.8 Å². The first kappa shape index (κ1) is 18.2. The molecule has 0 unspecified atom stereocenters. The summed E-state index contributed by atoms with van der Waals surface area (Å²) in [5.41, 5.74) is 2.87. The van der Waals surface area contributed by atoms with Crippen molar-refractivity contribution in [2.75, 3.05) is 6.54 Å². The molecule has 9 heteroatoms. The van der Waals surface area contributed by atoms with E-state index in [1.807, 2.05) is 32.0 Å². The van der Waals surface area contributed by atoms with E-state index in [2.05, 4.69) is 30.7 Å². The second-order valence-electron chi connectivity index (χ2n) is 5.46. The quantitative estimate of drug-likeness (QED) is 0.637. The third-order valence-electron chi connectivity index (χ3n) is 3.79. The van der Waals surface area contributed by atoms with Crippen molar-refractivity contribution in [3.63, 3.8) is 0 Å². The summed E-state index contributed by atoms with van der Waals surface area (Å²) in [5, 5.41) is 4.53. The zero-order valence-corrected chi connectivity index (χ0v) is 16.9. The number of aromatic nitrogens is 3. The van der Waals surface area contributed by atoms with Crippen LogP contribution >= 0.6 is 27.3 Å². The first-order valence-corrected chi connectivity index (χ1v) is 10.7. The Morgan fingerprint density at radius 1 is 1.24 bits per heavy atom. The predicted octanol–water partition coefficient (Wildman–Crippen LogP) is 3.23. The summed E-state index contributed by atoms with van der Waals surface area (Å²) in [6.45, 7) is 4.20. The smallest absolute Gasteiger partial charge is 0.237 e. The lowest BCUT2D eigenvalue weighted by molar-refractivity contribution is 0.583. The largest absolute Gasteiger partial charge is 0.250 e. The summed E-state index contributed by atoms with van der Waals surface area (Å²) in [4.78, 5) is 4.31. The van der Waals surface area contributed by atoms with Gasteiger partial charge in [0.05, 0.1) is 9.48 Å². The minimum absolute atomic E-state index is 0.303. The van der Waals surface area contributed by atoms with Crippen molar-refractivity contribution in [2.45, 2.75) is 24.5 Å². The lowest BCUT2D eigenvalue weighted by atomic mass is 10.1. The molecule has 0 atom stereocenters. The lowest BCUT2D eigenvalue weighted by Crippen LogP contribution is -2.25. The summed E-state index contributed by atoms with van der Waals surface area (Å²) in [6, 6.07) is 8.97. The van der Waals surface area contributed by atoms with Crippen LogP contribution in [0.15, 0.2) is 44.5 Å². The Morgan fingerprint density at radius 2 is 2.04 bits per heavy atom. The van der Waals surface area contributed by atoms with Gasteiger partial charge in [-0.1, -0.05) is 6.07 Å². The maximum atomic E-state index is 12.3. The number of hydrogen-bond acceptors (Lipinski definition) is 5. The number of pyridine rings is 1. The van der Waals surface area contributed by atoms with Crippen LogP contribution in [0.3, 0.4) is 0 Å². The molecule has 3 heterocycles. The molecule has 3 aromatic heterocycles. The Kier molecular flexibility index (Phi) is 5.38. The van der Waals surface area contributed by atoms with Gasteiger partial charge in [0.1, 0.15) is 4.21 Å². The standard InChI is InChI=1S/C16H17BrN4O2S2/c1-11-13(12(2)21(20-11)15-5-3-4-9-18-15)8-10-19-25(22,23)16-7-6-14(17)24-16/h3-7,9,19H,8,10H2,1-2H3. The van der Waals surface area contributed by atoms with Crippen LogP contribution in [-0.4, -0.2) is 29.7 Å². The van der Waals surface area contributed by atoms with E-state index < -0.39 is 10.0 Å². The molecule has 3 aromatic rings. The molecule has 132 valence electrons. The molecule has 0 saturated heterocycles. The van der Waals surface area contributed by atoms with Gasteiger partial charge in [0.2, 0.25) is 10.0 Å². The Balaban J connectivity index is 1.73. The van der Waals surface area contributed by atoms with E-state index in [0.717, 1.165) is 26.6 Å². The van der Waals surface area contributed by atoms with Gasteiger partial charge in [-0.3, -0.25) is 0 Å². The molecule has 0 radical (unpaired) electrons. The van der Waals surface area contributed by atoms with Crippen LogP contribution in [0, 0.1) is 13.8 Å². The van der Waals surface area contributed by atoms with Crippen molar-refractivity contribution in [1.29, 1.82) is 0 Å². The Hall–Kier alpha value is -1.55. The van der Waals surface area contributed by atoms with Crippen LogP contribution in [0.25, 0.3) is 5.82 Å². The molecule has 25 heavy (non-hydrogen) atoms. The van der Waals surface area contributed by atoms with Crippen molar-refractivity contribution in [2.24, 2.45) is 0 Å². The molecule has 0 aromatic carbocycles. The highest BCUT2D eigenvalue weighted by molar-refractivity contribution is 9.11. The second kappa shape index (κ2) is 7.36. The molecule has 0 aliphatic heterocycles. The average molecular weight is 441 g/mol. The molecule has 1 N–H and O–H groups in total. The minimum atomic E-state index is -3.48. The second-order valence-corrected chi connectivity index (χ2v) is 9.91. The van der Waals surface area contributed by atoms with Gasteiger partial charge in [0.25, 0.3) is 0 Å². The highest BCUT2D eigenvalue weighted by Crippen LogP contribution is 2.25. The van der Waals surface area contributed by atoms with E-state index in [1.54, 1.807) is 23.0 Å². The van der Waals surface area contributed by atoms with Crippen LogP contribution in [-0.2, 0) is 16.4 Å². The van der Waals surface area contributed by atoms with Gasteiger partial charge < -0.3 is 0 Å². The number of hydrogen-bond donors (Lipinski definition) is 1. The maximum absolute atomic E-state index is 12.3. The summed E-state index contributed by atoms with van der Waals surface area (Å²) in [6.07, 6.45) is 2.29. The SMILES string of the molecule is Cc1nn(-c2ccccn2)c(C)c1CCNS(=O)(=O)c1ccc(Br)s1. The van der Waals surface area contributed by atoms with Crippen LogP contribution in [0.1, 0.15) is 17.0 Å². The van der Waals surface area contributed by atoms with E-state index in [0.29, 0.717) is 17.2 Å². The molecule has 0 spiro atoms. The molecule has 0 amide bonds. The number of thiophene rings is 1. The van der Waals surface area contributed by atoms with Gasteiger partial charge >= 0.3 is 0 Å². The van der Waals surface area contributed by atoms with Crippen LogP contribution < -0.4 is 4.72 Å². The zero-order chi connectivity index (χ0) is 18.0. The van der Waals surface area contributed by atoms with E-state index in [9.17, 15) is 8.42 Å². The molecule has 3 rings (SSSR count). The predicted molar refractivity (Wildman–Crippen MR) is 102 cm³/mol. The van der Waals surface area contributed by atoms with Gasteiger partial charge in [-0.15, -0.1) is 11.3 Å². The first-order valence-electron chi connectivity index (χ1n) is 7.60. The molecular formula is C16H17BrN4O2S2. The third-order valence-corrected chi connectivity index (χ3v) is 7.36. The highest BCUT2D eigenvalue weighted by Gasteiger charge is 2.18. The molecule has 0 aliphatic carbocycles. The summed E-state index contributed by atoms with van der Waals surface area (Å²) in [5.74, 6) is 0.748. The maximum Gasteiger partial charge on any atom is 0.250 e. The zero-order valence-electron chi connectivity index (χ0n) is 13.7. The average Bonchev–Trinajstić information content (AvgIpc) is 3.14. The van der Waals surface area contributed by atoms with Crippen molar-refractivity contribution in [1.82, 2.24) is 19.5 Å². The molecule has 0 fully saturated rings. The van der Waals surface area contributed by atoms with Crippen LogP contribution in [0.4, 0.5) is 0 Å². The van der Waals surface area contributed by atoms with Gasteiger partial charge in [0, 0.05) is 18.4 Å². The Labute approximate surface area is 159 Å². The molecule has 0 bridgehead atoms. The van der Waals surface area contributed by atoms with Crippen molar-refractivity contribution in [3.05, 3.63) is 57.3 Å². The first-order chi connectivity index (χ1) is 11.9. The van der Waals surface area contributed by atoms with E-state index in [4.69, 9.17) is 0 Å². The normalized spacial score (nSPS) is 11.8. The monoisotopic (exact) mass is 440 g/mol. The number of aryl methyl sites for hydroxylation is 1. The van der Waals surface area contributed by atoms with Gasteiger partial charge in [-0.2, -0.15) is 5.10 Å². The number of sulfonamides is 1. The van der Waals surface area contributed by atoms with E-state index in [-0.39, 0.29) is 0 Å². The molecule has 0 aliphatic rings. The number of halogens is 1. The number of rotatable bonds is 6. The number of nitrogens with one attached hydrogen (secondary N) is 1. The van der Waals surface area contributed by atoms with Crippen molar-refractivity contribution >= 4 is 37.3 Å². The fourth-order valence-corrected chi connectivity index (χ4v) is 5.65. The topological polar surface area (TPSA) is 76.9 Å². The van der Waals surface area contributed by atoms with Crippen LogP contribution in [0.2, 0.25) is 0 Å². The van der Waals surface area contributed by atoms with Gasteiger partial charge in [-0.05, 0) is 66.0 Å². The fraction of sp³-hybridized carbons (Fsp3) is 0.250. The molecular weight excluding hydrogens is 424 g/mol. The molecule has 6 nitrogen and oxygen atoms in total. The van der Waals surface area contributed by atoms with Crippen molar-refractivity contribution < 1.29 is 8.42 Å². The highest BCUT2D eigenvalue weighted by atomic mass is 79.9. The number of nitrogens with zero attached hydrogens (tertiary/aromatic N) is 3. The summed E-state index contributed by atoms with van der Waals surface area (Å²) < 4.78 is 30.1. The van der Waals surface area contributed by atoms with Gasteiger partial charge in [0.15, 0.2) is 5.82 Å². The fourth-order valence-electron chi connectivity index (χ4n) is 2.56.